The van der Waals surface area contributed by atoms with E-state index >= 15 is 0 Å². The molecule has 0 unspecified atom stereocenters. The number of hydrogen-bond acceptors (Lipinski definition) is 4. The summed E-state index contributed by atoms with van der Waals surface area (Å²) in [5.74, 6) is -0.459. The Morgan fingerprint density at radius 1 is 1.50 bits per heavy atom. The smallest absolute Gasteiger partial charge is 0.188 e. The lowest BCUT2D eigenvalue weighted by Crippen LogP contribution is -2.03. The number of carbonyl (C=O) groups is 1. The largest absolute Gasteiger partial charge is 0.292 e. The summed E-state index contributed by atoms with van der Waals surface area (Å²) in [6.45, 7) is 0. The molecule has 0 amide bonds. The maximum absolute atomic E-state index is 13.0. The van der Waals surface area contributed by atoms with E-state index in [1.165, 1.54) is 12.3 Å². The Bertz CT molecular complexity index is 516. The zero-order chi connectivity index (χ0) is 11.5. The monoisotopic (exact) mass is 300 g/mol. The number of rotatable bonds is 3. The lowest BCUT2D eigenvalue weighted by atomic mass is 10.1. The minimum Gasteiger partial charge on any atom is -0.292 e. The van der Waals surface area contributed by atoms with Gasteiger partial charge < -0.3 is 0 Å². The molecule has 1 aromatic heterocycles. The van der Waals surface area contributed by atoms with Gasteiger partial charge in [0.05, 0.1) is 22.4 Å². The molecule has 6 heteroatoms. The second kappa shape index (κ2) is 4.80. The Kier molecular flexibility index (Phi) is 3.40. The van der Waals surface area contributed by atoms with Gasteiger partial charge in [-0.25, -0.2) is 4.39 Å². The Hall–Kier alpha value is -1.14. The van der Waals surface area contributed by atoms with E-state index in [4.69, 9.17) is 0 Å². The number of halogens is 2. The zero-order valence-electron chi connectivity index (χ0n) is 7.98. The second-order valence-electron chi connectivity index (χ2n) is 3.14. The summed E-state index contributed by atoms with van der Waals surface area (Å²) in [6, 6.07) is 4.50. The number of nitrogens with zero attached hydrogens (tertiary/aromatic N) is 2. The molecule has 0 fully saturated rings. The van der Waals surface area contributed by atoms with Crippen molar-refractivity contribution in [2.75, 3.05) is 0 Å². The molecule has 0 N–H and O–H groups in total. The normalized spacial score (nSPS) is 10.4. The number of hydrogen-bond donors (Lipinski definition) is 0. The van der Waals surface area contributed by atoms with Crippen LogP contribution in [0, 0.1) is 5.82 Å². The molecule has 0 bridgehead atoms. The molecule has 1 aromatic carbocycles. The molecule has 0 atom stereocenters. The highest BCUT2D eigenvalue weighted by atomic mass is 79.9. The molecule has 0 aliphatic carbocycles. The quantitative estimate of drug-likeness (QED) is 0.819. The van der Waals surface area contributed by atoms with Crippen LogP contribution in [-0.2, 0) is 6.42 Å². The van der Waals surface area contributed by atoms with E-state index in [1.807, 2.05) is 0 Å². The maximum atomic E-state index is 13.0. The van der Waals surface area contributed by atoms with E-state index in [2.05, 4.69) is 24.7 Å². The predicted octanol–water partition coefficient (Wildman–Crippen LogP) is 2.87. The zero-order valence-corrected chi connectivity index (χ0v) is 10.4. The molecule has 0 saturated heterocycles. The van der Waals surface area contributed by atoms with Crippen LogP contribution in [-0.4, -0.2) is 14.5 Å². The highest BCUT2D eigenvalue weighted by Crippen LogP contribution is 2.17. The molecule has 0 aliphatic heterocycles. The van der Waals surface area contributed by atoms with Crippen LogP contribution in [0.2, 0.25) is 0 Å². The standard InChI is InChI=1S/C10H6BrFN2OS/c11-7-3-6(1-2-8(7)12)4-10(15)9-5-13-16-14-9/h1-3,5H,4H2. The van der Waals surface area contributed by atoms with Crippen molar-refractivity contribution in [3.63, 3.8) is 0 Å². The number of benzene rings is 1. The Labute approximate surface area is 104 Å². The van der Waals surface area contributed by atoms with Crippen molar-refractivity contribution >= 4 is 33.4 Å². The van der Waals surface area contributed by atoms with Crippen molar-refractivity contribution in [3.05, 3.63) is 45.9 Å². The van der Waals surface area contributed by atoms with E-state index in [9.17, 15) is 9.18 Å². The van der Waals surface area contributed by atoms with Crippen LogP contribution < -0.4 is 0 Å². The lowest BCUT2D eigenvalue weighted by Gasteiger charge is -2.00. The van der Waals surface area contributed by atoms with Gasteiger partial charge in [-0.2, -0.15) is 8.75 Å². The summed E-state index contributed by atoms with van der Waals surface area (Å²) in [5.41, 5.74) is 1.09. The van der Waals surface area contributed by atoms with E-state index in [1.54, 1.807) is 12.1 Å². The molecular formula is C10H6BrFN2OS. The van der Waals surface area contributed by atoms with E-state index in [0.717, 1.165) is 17.3 Å². The van der Waals surface area contributed by atoms with Gasteiger partial charge in [-0.3, -0.25) is 4.79 Å². The Morgan fingerprint density at radius 3 is 2.94 bits per heavy atom. The fourth-order valence-electron chi connectivity index (χ4n) is 1.21. The Morgan fingerprint density at radius 2 is 2.31 bits per heavy atom. The fourth-order valence-corrected chi connectivity index (χ4v) is 2.07. The number of ketones is 1. The lowest BCUT2D eigenvalue weighted by molar-refractivity contribution is 0.0989. The van der Waals surface area contributed by atoms with Crippen molar-refractivity contribution in [1.29, 1.82) is 0 Å². The second-order valence-corrected chi connectivity index (χ2v) is 4.55. The summed E-state index contributed by atoms with van der Waals surface area (Å²) >= 11 is 4.07. The van der Waals surface area contributed by atoms with Crippen LogP contribution in [0.25, 0.3) is 0 Å². The van der Waals surface area contributed by atoms with Gasteiger partial charge in [0.2, 0.25) is 0 Å². The van der Waals surface area contributed by atoms with Crippen molar-refractivity contribution in [3.8, 4) is 0 Å². The first-order valence-corrected chi connectivity index (χ1v) is 5.94. The van der Waals surface area contributed by atoms with Crippen molar-refractivity contribution in [2.24, 2.45) is 0 Å². The minimum atomic E-state index is -0.341. The molecule has 3 nitrogen and oxygen atoms in total. The van der Waals surface area contributed by atoms with E-state index in [0.29, 0.717) is 10.2 Å². The minimum absolute atomic E-state index is 0.118. The molecule has 2 aromatic rings. The van der Waals surface area contributed by atoms with Gasteiger partial charge in [0.1, 0.15) is 11.5 Å². The third kappa shape index (κ3) is 2.51. The summed E-state index contributed by atoms with van der Waals surface area (Å²) < 4.78 is 20.9. The summed E-state index contributed by atoms with van der Waals surface area (Å²) in [4.78, 5) is 11.7. The molecule has 82 valence electrons. The molecular weight excluding hydrogens is 295 g/mol. The highest BCUT2D eigenvalue weighted by molar-refractivity contribution is 9.10. The summed E-state index contributed by atoms with van der Waals surface area (Å²) in [5, 5.41) is 0. The van der Waals surface area contributed by atoms with Crippen LogP contribution >= 0.6 is 27.7 Å². The third-order valence-corrected chi connectivity index (χ3v) is 3.08. The van der Waals surface area contributed by atoms with Gasteiger partial charge in [-0.15, -0.1) is 0 Å². The number of Topliss-reactive ketones (excluding diaryl/α,β-unsaturated/α-hetero) is 1. The first-order valence-electron chi connectivity index (χ1n) is 4.41. The maximum Gasteiger partial charge on any atom is 0.188 e. The summed E-state index contributed by atoms with van der Waals surface area (Å²) in [6.07, 6.45) is 1.63. The topological polar surface area (TPSA) is 42.9 Å². The average molecular weight is 301 g/mol. The highest BCUT2D eigenvalue weighted by Gasteiger charge is 2.10. The molecule has 0 saturated carbocycles. The number of aromatic nitrogens is 2. The van der Waals surface area contributed by atoms with E-state index in [-0.39, 0.29) is 18.0 Å². The van der Waals surface area contributed by atoms with Gasteiger partial charge in [-0.1, -0.05) is 6.07 Å². The van der Waals surface area contributed by atoms with Gasteiger partial charge in [-0.05, 0) is 33.6 Å². The first-order chi connectivity index (χ1) is 7.66. The van der Waals surface area contributed by atoms with Crippen LogP contribution in [0.4, 0.5) is 4.39 Å². The molecule has 0 radical (unpaired) electrons. The van der Waals surface area contributed by atoms with Crippen molar-refractivity contribution in [1.82, 2.24) is 8.75 Å². The van der Waals surface area contributed by atoms with Gasteiger partial charge in [0.25, 0.3) is 0 Å². The Balaban J connectivity index is 2.15. The van der Waals surface area contributed by atoms with E-state index < -0.39 is 0 Å². The predicted molar refractivity (Wildman–Crippen MR) is 62.0 cm³/mol. The summed E-state index contributed by atoms with van der Waals surface area (Å²) in [7, 11) is 0. The molecule has 16 heavy (non-hydrogen) atoms. The fraction of sp³-hybridized carbons (Fsp3) is 0.100. The molecule has 2 rings (SSSR count). The average Bonchev–Trinajstić information content (AvgIpc) is 2.77. The molecule has 1 heterocycles. The third-order valence-electron chi connectivity index (χ3n) is 2.00. The van der Waals surface area contributed by atoms with Gasteiger partial charge >= 0.3 is 0 Å². The van der Waals surface area contributed by atoms with Crippen molar-refractivity contribution in [2.45, 2.75) is 6.42 Å². The van der Waals surface area contributed by atoms with Crippen LogP contribution in [0.3, 0.4) is 0 Å². The SMILES string of the molecule is O=C(Cc1ccc(F)c(Br)c1)c1cnsn1. The van der Waals surface area contributed by atoms with Crippen LogP contribution in [0.1, 0.15) is 16.1 Å². The molecule has 0 aliphatic rings. The van der Waals surface area contributed by atoms with Crippen LogP contribution in [0.5, 0.6) is 0 Å². The van der Waals surface area contributed by atoms with Gasteiger partial charge in [0, 0.05) is 6.42 Å². The molecule has 0 spiro atoms. The first kappa shape index (κ1) is 11.3. The van der Waals surface area contributed by atoms with Crippen molar-refractivity contribution < 1.29 is 9.18 Å². The number of carbonyl (C=O) groups excluding carboxylic acids is 1. The van der Waals surface area contributed by atoms with Crippen LogP contribution in [0.15, 0.2) is 28.9 Å². The van der Waals surface area contributed by atoms with Gasteiger partial charge in [0.15, 0.2) is 5.78 Å².